The van der Waals surface area contributed by atoms with Crippen molar-refractivity contribution in [2.45, 2.75) is 51.5 Å². The van der Waals surface area contributed by atoms with Crippen LogP contribution in [0.4, 0.5) is 0 Å². The van der Waals surface area contributed by atoms with Crippen LogP contribution in [0.2, 0.25) is 0 Å². The van der Waals surface area contributed by atoms with Crippen LogP contribution in [0.15, 0.2) is 5.16 Å². The third kappa shape index (κ3) is 3.48. The van der Waals surface area contributed by atoms with Gasteiger partial charge in [0.05, 0.1) is 5.54 Å². The average molecular weight is 296 g/mol. The molecule has 2 aliphatic rings. The minimum absolute atomic E-state index is 0.217. The summed E-state index contributed by atoms with van der Waals surface area (Å²) in [5.74, 6) is 0.785. The van der Waals surface area contributed by atoms with E-state index >= 15 is 0 Å². The Morgan fingerprint density at radius 2 is 1.71 bits per heavy atom. The van der Waals surface area contributed by atoms with E-state index in [1.54, 1.807) is 0 Å². The number of oxime groups is 1. The normalized spacial score (nSPS) is 23.3. The number of hydrogen-bond donors (Lipinski definition) is 2. The third-order valence-corrected chi connectivity index (χ3v) is 5.07. The molecule has 0 aromatic rings. The van der Waals surface area contributed by atoms with Gasteiger partial charge in [0.1, 0.15) is 0 Å². The van der Waals surface area contributed by atoms with E-state index in [1.807, 2.05) is 18.7 Å². The maximum atomic E-state index is 12.5. The molecule has 0 atom stereocenters. The first-order chi connectivity index (χ1) is 9.96. The van der Waals surface area contributed by atoms with Gasteiger partial charge in [-0.1, -0.05) is 24.4 Å². The quantitative estimate of drug-likeness (QED) is 0.355. The number of amides is 1. The van der Waals surface area contributed by atoms with Crippen LogP contribution in [0, 0.1) is 5.92 Å². The molecule has 2 rings (SSSR count). The molecule has 0 aromatic carbocycles. The maximum Gasteiger partial charge on any atom is 0.225 e. The average Bonchev–Trinajstić information content (AvgIpc) is 2.54. The maximum absolute atomic E-state index is 12.5. The molecule has 0 unspecified atom stereocenters. The number of nitrogens with two attached hydrogens (primary N) is 1. The van der Waals surface area contributed by atoms with Gasteiger partial charge >= 0.3 is 0 Å². The molecular formula is C15H28N4O2. The molecule has 21 heavy (non-hydrogen) atoms. The summed E-state index contributed by atoms with van der Waals surface area (Å²) in [6.45, 7) is 6.89. The number of rotatable bonds is 3. The summed E-state index contributed by atoms with van der Waals surface area (Å²) < 4.78 is 0. The number of piperazine rings is 1. The largest absolute Gasteiger partial charge is 0.409 e. The van der Waals surface area contributed by atoms with Gasteiger partial charge in [0, 0.05) is 32.1 Å². The summed E-state index contributed by atoms with van der Waals surface area (Å²) in [6, 6.07) is 0. The van der Waals surface area contributed by atoms with E-state index in [2.05, 4.69) is 10.1 Å². The van der Waals surface area contributed by atoms with Gasteiger partial charge in [-0.15, -0.1) is 0 Å². The lowest BCUT2D eigenvalue weighted by atomic mass is 9.88. The molecule has 120 valence electrons. The fourth-order valence-corrected chi connectivity index (χ4v) is 3.38. The number of nitrogens with zero attached hydrogens (tertiary/aromatic N) is 3. The van der Waals surface area contributed by atoms with Crippen LogP contribution in [-0.2, 0) is 4.79 Å². The van der Waals surface area contributed by atoms with Crippen molar-refractivity contribution < 1.29 is 10.0 Å². The fourth-order valence-electron chi connectivity index (χ4n) is 3.38. The first-order valence-corrected chi connectivity index (χ1v) is 7.98. The number of carbonyl (C=O) groups is 1. The Morgan fingerprint density at radius 1 is 1.14 bits per heavy atom. The van der Waals surface area contributed by atoms with Crippen LogP contribution in [0.25, 0.3) is 0 Å². The molecule has 0 bridgehead atoms. The highest BCUT2D eigenvalue weighted by Crippen LogP contribution is 2.26. The third-order valence-electron chi connectivity index (χ3n) is 5.07. The van der Waals surface area contributed by atoms with Crippen molar-refractivity contribution in [1.82, 2.24) is 9.80 Å². The molecule has 1 heterocycles. The Hall–Kier alpha value is -1.30. The van der Waals surface area contributed by atoms with Crippen LogP contribution < -0.4 is 5.73 Å². The van der Waals surface area contributed by atoms with Gasteiger partial charge < -0.3 is 15.8 Å². The predicted molar refractivity (Wildman–Crippen MR) is 82.2 cm³/mol. The van der Waals surface area contributed by atoms with Crippen molar-refractivity contribution in [3.63, 3.8) is 0 Å². The molecule has 6 heteroatoms. The lowest BCUT2D eigenvalue weighted by Gasteiger charge is -2.44. The molecule has 0 aromatic heterocycles. The summed E-state index contributed by atoms with van der Waals surface area (Å²) in [6.07, 6.45) is 5.74. The zero-order valence-corrected chi connectivity index (χ0v) is 13.2. The fraction of sp³-hybridized carbons (Fsp3) is 0.867. The zero-order valence-electron chi connectivity index (χ0n) is 13.2. The van der Waals surface area contributed by atoms with Crippen LogP contribution in [-0.4, -0.2) is 58.5 Å². The second kappa shape index (κ2) is 6.64. The molecule has 1 aliphatic carbocycles. The van der Waals surface area contributed by atoms with E-state index in [-0.39, 0.29) is 11.8 Å². The van der Waals surface area contributed by atoms with Gasteiger partial charge in [-0.05, 0) is 26.7 Å². The molecule has 2 fully saturated rings. The van der Waals surface area contributed by atoms with Crippen molar-refractivity contribution in [3.8, 4) is 0 Å². The minimum atomic E-state index is -0.477. The highest BCUT2D eigenvalue weighted by molar-refractivity contribution is 5.88. The van der Waals surface area contributed by atoms with Crippen molar-refractivity contribution in [1.29, 1.82) is 0 Å². The van der Waals surface area contributed by atoms with E-state index in [0.717, 1.165) is 39.0 Å². The van der Waals surface area contributed by atoms with Crippen molar-refractivity contribution >= 4 is 11.7 Å². The Morgan fingerprint density at radius 3 is 2.24 bits per heavy atom. The molecule has 0 spiro atoms. The topological polar surface area (TPSA) is 82.2 Å². The number of carbonyl (C=O) groups excluding carboxylic acids is 1. The molecule has 1 aliphatic heterocycles. The van der Waals surface area contributed by atoms with Gasteiger partial charge in [0.15, 0.2) is 5.84 Å². The van der Waals surface area contributed by atoms with Gasteiger partial charge in [-0.2, -0.15) is 0 Å². The summed E-state index contributed by atoms with van der Waals surface area (Å²) >= 11 is 0. The summed E-state index contributed by atoms with van der Waals surface area (Å²) in [4.78, 5) is 16.7. The Kier molecular flexibility index (Phi) is 5.08. The molecule has 1 saturated carbocycles. The standard InChI is InChI=1S/C15H28N4O2/c1-15(2,14(16)17-21)19-10-8-18(9-11-19)13(20)12-6-4-3-5-7-12/h12,21H,3-11H2,1-2H3,(H2,16,17). The lowest BCUT2D eigenvalue weighted by Crippen LogP contribution is -2.60. The summed E-state index contributed by atoms with van der Waals surface area (Å²) in [5, 5.41) is 12.0. The van der Waals surface area contributed by atoms with Crippen LogP contribution in [0.1, 0.15) is 46.0 Å². The van der Waals surface area contributed by atoms with Crippen LogP contribution in [0.3, 0.4) is 0 Å². The highest BCUT2D eigenvalue weighted by Gasteiger charge is 2.36. The van der Waals surface area contributed by atoms with Crippen LogP contribution in [0.5, 0.6) is 0 Å². The van der Waals surface area contributed by atoms with Gasteiger partial charge in [0.2, 0.25) is 5.91 Å². The van der Waals surface area contributed by atoms with E-state index in [4.69, 9.17) is 10.9 Å². The Labute approximate surface area is 127 Å². The van der Waals surface area contributed by atoms with E-state index < -0.39 is 5.54 Å². The first-order valence-electron chi connectivity index (χ1n) is 7.98. The van der Waals surface area contributed by atoms with Gasteiger partial charge in [0.25, 0.3) is 0 Å². The smallest absolute Gasteiger partial charge is 0.225 e. The van der Waals surface area contributed by atoms with Crippen molar-refractivity contribution in [3.05, 3.63) is 0 Å². The molecule has 3 N–H and O–H groups in total. The Bertz CT molecular complexity index is 394. The minimum Gasteiger partial charge on any atom is -0.409 e. The van der Waals surface area contributed by atoms with Gasteiger partial charge in [-0.25, -0.2) is 0 Å². The van der Waals surface area contributed by atoms with E-state index in [9.17, 15) is 4.79 Å². The van der Waals surface area contributed by atoms with Gasteiger partial charge in [-0.3, -0.25) is 9.69 Å². The molecule has 1 saturated heterocycles. The SMILES string of the molecule is CC(C)(C(N)=NO)N1CCN(C(=O)C2CCCCC2)CC1. The first kappa shape index (κ1) is 16.1. The van der Waals surface area contributed by atoms with Crippen LogP contribution >= 0.6 is 0 Å². The van der Waals surface area contributed by atoms with Crippen molar-refractivity contribution in [2.24, 2.45) is 16.8 Å². The second-order valence-electron chi connectivity index (χ2n) is 6.69. The predicted octanol–water partition coefficient (Wildman–Crippen LogP) is 1.24. The molecule has 0 radical (unpaired) electrons. The van der Waals surface area contributed by atoms with E-state index in [0.29, 0.717) is 5.91 Å². The molecule has 1 amide bonds. The zero-order chi connectivity index (χ0) is 15.5. The Balaban J connectivity index is 1.89. The highest BCUT2D eigenvalue weighted by atomic mass is 16.4. The van der Waals surface area contributed by atoms with E-state index in [1.165, 1.54) is 19.3 Å². The lowest BCUT2D eigenvalue weighted by molar-refractivity contribution is -0.138. The summed E-state index contributed by atoms with van der Waals surface area (Å²) in [7, 11) is 0. The monoisotopic (exact) mass is 296 g/mol. The molecule has 6 nitrogen and oxygen atoms in total. The molecular weight excluding hydrogens is 268 g/mol. The number of hydrogen-bond acceptors (Lipinski definition) is 4. The van der Waals surface area contributed by atoms with Crippen molar-refractivity contribution in [2.75, 3.05) is 26.2 Å². The summed E-state index contributed by atoms with van der Waals surface area (Å²) in [5.41, 5.74) is 5.29. The number of amidine groups is 1. The second-order valence-corrected chi connectivity index (χ2v) is 6.69.